The van der Waals surface area contributed by atoms with Gasteiger partial charge in [-0.2, -0.15) is 0 Å². The number of aliphatic hydroxyl groups excluding tert-OH is 1. The van der Waals surface area contributed by atoms with E-state index in [4.69, 9.17) is 0 Å². The standard InChI is InChI=1S/C12H20N3O4/c1-4-13-10-6-7-12(11(8-10)14(17)18)15(19,5-2)9(3)16/h6-9,13,16,19H,4-5H2,1-3H3/q+1. The Morgan fingerprint density at radius 1 is 1.47 bits per heavy atom. The van der Waals surface area contributed by atoms with Crippen LogP contribution in [0, 0.1) is 10.1 Å². The average molecular weight is 270 g/mol. The van der Waals surface area contributed by atoms with Crippen LogP contribution >= 0.6 is 0 Å². The fraction of sp³-hybridized carbons (Fsp3) is 0.500. The van der Waals surface area contributed by atoms with Gasteiger partial charge in [0.25, 0.3) is 0 Å². The van der Waals surface area contributed by atoms with Crippen LogP contribution in [0.3, 0.4) is 0 Å². The summed E-state index contributed by atoms with van der Waals surface area (Å²) in [6.45, 7) is 5.69. The number of anilines is 1. The molecule has 0 aliphatic rings. The van der Waals surface area contributed by atoms with Crippen molar-refractivity contribution < 1.29 is 15.2 Å². The van der Waals surface area contributed by atoms with Gasteiger partial charge in [0.2, 0.25) is 11.9 Å². The third-order valence-electron chi connectivity index (χ3n) is 3.07. The number of nitrogens with one attached hydrogen (secondary N) is 1. The summed E-state index contributed by atoms with van der Waals surface area (Å²) < 4.78 is -0.886. The highest BCUT2D eigenvalue weighted by Gasteiger charge is 2.39. The lowest BCUT2D eigenvalue weighted by molar-refractivity contribution is -0.386. The normalized spacial score (nSPS) is 15.6. The lowest BCUT2D eigenvalue weighted by Gasteiger charge is -2.30. The largest absolute Gasteiger partial charge is 0.385 e. The third kappa shape index (κ3) is 3.01. The van der Waals surface area contributed by atoms with Crippen molar-refractivity contribution in [3.63, 3.8) is 0 Å². The number of nitrogens with zero attached hydrogens (tertiary/aromatic N) is 2. The first-order valence-electron chi connectivity index (χ1n) is 6.18. The SMILES string of the molecule is CCNc1ccc([N+](O)(CC)C(C)O)c([N+](=O)[O-])c1. The van der Waals surface area contributed by atoms with E-state index in [2.05, 4.69) is 5.32 Å². The number of benzene rings is 1. The maximum atomic E-state index is 11.1. The van der Waals surface area contributed by atoms with Crippen LogP contribution in [0.4, 0.5) is 17.1 Å². The van der Waals surface area contributed by atoms with E-state index in [9.17, 15) is 20.4 Å². The minimum Gasteiger partial charge on any atom is -0.385 e. The smallest absolute Gasteiger partial charge is 0.334 e. The first kappa shape index (κ1) is 15.4. The summed E-state index contributed by atoms with van der Waals surface area (Å²) in [5.74, 6) is 0. The van der Waals surface area contributed by atoms with Crippen LogP contribution in [0.5, 0.6) is 0 Å². The molecule has 1 aromatic carbocycles. The second-order valence-electron chi connectivity index (χ2n) is 4.27. The Bertz CT molecular complexity index is 464. The molecule has 0 radical (unpaired) electrons. The van der Waals surface area contributed by atoms with Gasteiger partial charge in [-0.05, 0) is 19.9 Å². The molecular weight excluding hydrogens is 250 g/mol. The Labute approximate surface area is 111 Å². The molecule has 1 aromatic rings. The van der Waals surface area contributed by atoms with Crippen LogP contribution in [0.25, 0.3) is 0 Å². The van der Waals surface area contributed by atoms with E-state index >= 15 is 0 Å². The van der Waals surface area contributed by atoms with Gasteiger partial charge in [0.15, 0.2) is 0 Å². The summed E-state index contributed by atoms with van der Waals surface area (Å²) in [5, 5.41) is 34.2. The first-order valence-corrected chi connectivity index (χ1v) is 6.18. The number of nitro benzene ring substituents is 1. The van der Waals surface area contributed by atoms with Crippen molar-refractivity contribution in [1.82, 2.24) is 4.65 Å². The fourth-order valence-electron chi connectivity index (χ4n) is 1.95. The van der Waals surface area contributed by atoms with Crippen LogP contribution in [-0.2, 0) is 0 Å². The highest BCUT2D eigenvalue weighted by Crippen LogP contribution is 2.35. The van der Waals surface area contributed by atoms with Crippen molar-refractivity contribution in [2.45, 2.75) is 27.0 Å². The van der Waals surface area contributed by atoms with Crippen molar-refractivity contribution >= 4 is 17.1 Å². The topological polar surface area (TPSA) is 95.6 Å². The average Bonchev–Trinajstić information content (AvgIpc) is 2.37. The number of hydroxylamine groups is 2. The monoisotopic (exact) mass is 270 g/mol. The molecule has 19 heavy (non-hydrogen) atoms. The summed E-state index contributed by atoms with van der Waals surface area (Å²) in [4.78, 5) is 10.6. The van der Waals surface area contributed by atoms with E-state index in [1.165, 1.54) is 19.1 Å². The Hall–Kier alpha value is -1.70. The van der Waals surface area contributed by atoms with Crippen molar-refractivity contribution in [2.24, 2.45) is 0 Å². The number of quaternary nitrogens is 1. The molecule has 7 nitrogen and oxygen atoms in total. The van der Waals surface area contributed by atoms with Crippen molar-refractivity contribution in [2.75, 3.05) is 18.4 Å². The fourth-order valence-corrected chi connectivity index (χ4v) is 1.95. The number of aliphatic hydroxyl groups is 1. The predicted molar refractivity (Wildman–Crippen MR) is 73.1 cm³/mol. The van der Waals surface area contributed by atoms with Crippen LogP contribution in [0.1, 0.15) is 20.8 Å². The van der Waals surface area contributed by atoms with E-state index in [-0.39, 0.29) is 17.9 Å². The van der Waals surface area contributed by atoms with Gasteiger partial charge >= 0.3 is 5.69 Å². The van der Waals surface area contributed by atoms with Crippen molar-refractivity contribution in [3.05, 3.63) is 28.3 Å². The van der Waals surface area contributed by atoms with Gasteiger partial charge in [0.05, 0.1) is 4.92 Å². The van der Waals surface area contributed by atoms with E-state index in [1.54, 1.807) is 13.0 Å². The zero-order chi connectivity index (χ0) is 14.6. The van der Waals surface area contributed by atoms with Crippen LogP contribution < -0.4 is 9.96 Å². The molecule has 0 aliphatic heterocycles. The van der Waals surface area contributed by atoms with Gasteiger partial charge in [0, 0.05) is 31.3 Å². The third-order valence-corrected chi connectivity index (χ3v) is 3.07. The van der Waals surface area contributed by atoms with Crippen LogP contribution in [0.2, 0.25) is 0 Å². The first-order chi connectivity index (χ1) is 8.86. The van der Waals surface area contributed by atoms with Crippen LogP contribution in [0.15, 0.2) is 18.2 Å². The highest BCUT2D eigenvalue weighted by atomic mass is 16.6. The maximum absolute atomic E-state index is 11.1. The van der Waals surface area contributed by atoms with Crippen molar-refractivity contribution in [3.8, 4) is 0 Å². The Kier molecular flexibility index (Phi) is 4.82. The molecule has 2 atom stereocenters. The molecule has 7 heteroatoms. The van der Waals surface area contributed by atoms with E-state index in [0.29, 0.717) is 12.2 Å². The molecule has 0 fully saturated rings. The number of hydrogen-bond acceptors (Lipinski definition) is 5. The molecule has 0 spiro atoms. The van der Waals surface area contributed by atoms with E-state index < -0.39 is 15.8 Å². The predicted octanol–water partition coefficient (Wildman–Crippen LogP) is 2.08. The molecule has 1 rings (SSSR count). The van der Waals surface area contributed by atoms with Gasteiger partial charge in [0.1, 0.15) is 6.54 Å². The molecule has 0 amide bonds. The molecule has 3 N–H and O–H groups in total. The molecule has 0 saturated heterocycles. The number of hydrogen-bond donors (Lipinski definition) is 3. The number of nitro groups is 1. The molecule has 106 valence electrons. The second-order valence-corrected chi connectivity index (χ2v) is 4.27. The summed E-state index contributed by atoms with van der Waals surface area (Å²) in [6.07, 6.45) is -1.16. The zero-order valence-corrected chi connectivity index (χ0v) is 11.3. The molecule has 0 heterocycles. The van der Waals surface area contributed by atoms with Gasteiger partial charge in [-0.25, -0.2) is 5.21 Å². The Morgan fingerprint density at radius 3 is 2.53 bits per heavy atom. The molecule has 0 aromatic heterocycles. The summed E-state index contributed by atoms with van der Waals surface area (Å²) in [7, 11) is 0. The Morgan fingerprint density at radius 2 is 2.11 bits per heavy atom. The van der Waals surface area contributed by atoms with Crippen molar-refractivity contribution in [1.29, 1.82) is 0 Å². The maximum Gasteiger partial charge on any atom is 0.334 e. The van der Waals surface area contributed by atoms with Gasteiger partial charge in [-0.3, -0.25) is 10.1 Å². The lowest BCUT2D eigenvalue weighted by atomic mass is 10.2. The van der Waals surface area contributed by atoms with Gasteiger partial charge in [-0.15, -0.1) is 4.65 Å². The minimum absolute atomic E-state index is 0.0733. The van der Waals surface area contributed by atoms with E-state index in [0.717, 1.165) is 0 Å². The summed E-state index contributed by atoms with van der Waals surface area (Å²) in [6, 6.07) is 4.47. The summed E-state index contributed by atoms with van der Waals surface area (Å²) >= 11 is 0. The molecule has 0 saturated carbocycles. The van der Waals surface area contributed by atoms with Gasteiger partial charge < -0.3 is 10.4 Å². The molecular formula is C12H20N3O4+. The van der Waals surface area contributed by atoms with Gasteiger partial charge in [-0.1, -0.05) is 0 Å². The van der Waals surface area contributed by atoms with Crippen LogP contribution in [-0.4, -0.2) is 34.6 Å². The lowest BCUT2D eigenvalue weighted by Crippen LogP contribution is -2.53. The highest BCUT2D eigenvalue weighted by molar-refractivity contribution is 5.66. The molecule has 2 unspecified atom stereocenters. The molecule has 0 bridgehead atoms. The zero-order valence-electron chi connectivity index (χ0n) is 11.3. The summed E-state index contributed by atoms with van der Waals surface area (Å²) in [5.41, 5.74) is 0.457. The Balaban J connectivity index is 3.38. The molecule has 0 aliphatic carbocycles. The van der Waals surface area contributed by atoms with E-state index in [1.807, 2.05) is 6.92 Å². The number of rotatable bonds is 6. The quantitative estimate of drug-likeness (QED) is 0.318. The minimum atomic E-state index is -1.16. The second kappa shape index (κ2) is 5.96.